The summed E-state index contributed by atoms with van der Waals surface area (Å²) >= 11 is 0. The Labute approximate surface area is 86.5 Å². The monoisotopic (exact) mass is 201 g/mol. The van der Waals surface area contributed by atoms with Gasteiger partial charge in [0, 0.05) is 5.56 Å². The van der Waals surface area contributed by atoms with Crippen LogP contribution in [0.1, 0.15) is 0 Å². The molecule has 0 radical (unpaired) electrons. The van der Waals surface area contributed by atoms with E-state index in [4.69, 9.17) is 6.42 Å². The molecule has 15 heavy (non-hydrogen) atoms. The zero-order valence-electron chi connectivity index (χ0n) is 7.89. The molecule has 0 saturated carbocycles. The molecule has 0 N–H and O–H groups in total. The smallest absolute Gasteiger partial charge is 0.123 e. The first-order valence-electron chi connectivity index (χ1n) is 4.39. The van der Waals surface area contributed by atoms with Crippen molar-refractivity contribution in [3.8, 4) is 23.6 Å². The quantitative estimate of drug-likeness (QED) is 0.692. The fourth-order valence-corrected chi connectivity index (χ4v) is 1.33. The zero-order chi connectivity index (χ0) is 10.7. The molecule has 0 aliphatic carbocycles. The molecule has 0 fully saturated rings. The summed E-state index contributed by atoms with van der Waals surface area (Å²) in [5, 5.41) is 7.56. The van der Waals surface area contributed by atoms with Gasteiger partial charge < -0.3 is 0 Å². The molecule has 0 bridgehead atoms. The van der Waals surface area contributed by atoms with Gasteiger partial charge in [0.15, 0.2) is 0 Å². The Morgan fingerprint density at radius 1 is 1.47 bits per heavy atom. The van der Waals surface area contributed by atoms with Crippen molar-refractivity contribution in [1.82, 2.24) is 15.0 Å². The maximum atomic E-state index is 13.0. The number of halogens is 1. The minimum atomic E-state index is -0.291. The molecule has 2 rings (SSSR count). The molecule has 0 atom stereocenters. The molecule has 1 aromatic heterocycles. The van der Waals surface area contributed by atoms with Crippen molar-refractivity contribution in [1.29, 1.82) is 0 Å². The van der Waals surface area contributed by atoms with Gasteiger partial charge in [0.25, 0.3) is 0 Å². The summed E-state index contributed by atoms with van der Waals surface area (Å²) in [6.45, 7) is 0.325. The Bertz CT molecular complexity index is 511. The van der Waals surface area contributed by atoms with E-state index in [-0.39, 0.29) is 5.82 Å². The fraction of sp³-hybridized carbons (Fsp3) is 0.0909. The molecule has 3 nitrogen and oxygen atoms in total. The molecule has 4 heteroatoms. The second-order valence-electron chi connectivity index (χ2n) is 2.99. The standard InChI is InChI=1S/C11H8FN3/c1-2-6-15-11(8-13-14-15)9-4-3-5-10(12)7-9/h1,3-5,7-8H,6H2. The van der Waals surface area contributed by atoms with Crippen LogP contribution in [0.4, 0.5) is 4.39 Å². The number of aromatic nitrogens is 3. The van der Waals surface area contributed by atoms with Crippen LogP contribution >= 0.6 is 0 Å². The van der Waals surface area contributed by atoms with Gasteiger partial charge in [-0.25, -0.2) is 9.07 Å². The average molecular weight is 201 g/mol. The largest absolute Gasteiger partial charge is 0.233 e. The summed E-state index contributed by atoms with van der Waals surface area (Å²) in [6, 6.07) is 6.23. The number of hydrogen-bond donors (Lipinski definition) is 0. The third kappa shape index (κ3) is 1.86. The van der Waals surface area contributed by atoms with Crippen molar-refractivity contribution in [3.63, 3.8) is 0 Å². The molecule has 0 amide bonds. The van der Waals surface area contributed by atoms with Gasteiger partial charge >= 0.3 is 0 Å². The van der Waals surface area contributed by atoms with Gasteiger partial charge in [-0.1, -0.05) is 23.3 Å². The summed E-state index contributed by atoms with van der Waals surface area (Å²) in [5.74, 6) is 2.17. The van der Waals surface area contributed by atoms with Crippen molar-refractivity contribution in [2.24, 2.45) is 0 Å². The SMILES string of the molecule is C#CCn1nncc1-c1cccc(F)c1. The number of hydrogen-bond acceptors (Lipinski definition) is 2. The molecule has 2 aromatic rings. The Morgan fingerprint density at radius 2 is 2.33 bits per heavy atom. The van der Waals surface area contributed by atoms with E-state index in [0.29, 0.717) is 12.2 Å². The lowest BCUT2D eigenvalue weighted by atomic mass is 10.1. The Balaban J connectivity index is 2.45. The summed E-state index contributed by atoms with van der Waals surface area (Å²) in [4.78, 5) is 0. The maximum absolute atomic E-state index is 13.0. The summed E-state index contributed by atoms with van der Waals surface area (Å²) in [5.41, 5.74) is 1.43. The Kier molecular flexibility index (Phi) is 2.46. The van der Waals surface area contributed by atoms with Crippen LogP contribution in [-0.4, -0.2) is 15.0 Å². The van der Waals surface area contributed by atoms with Gasteiger partial charge in [-0.2, -0.15) is 0 Å². The number of rotatable bonds is 2. The highest BCUT2D eigenvalue weighted by Gasteiger charge is 2.05. The highest BCUT2D eigenvalue weighted by molar-refractivity contribution is 5.58. The molecular weight excluding hydrogens is 193 g/mol. The maximum Gasteiger partial charge on any atom is 0.123 e. The Morgan fingerprint density at radius 3 is 3.07 bits per heavy atom. The highest BCUT2D eigenvalue weighted by Crippen LogP contribution is 2.18. The molecular formula is C11H8FN3. The van der Waals surface area contributed by atoms with Gasteiger partial charge in [-0.05, 0) is 12.1 Å². The number of benzene rings is 1. The molecule has 0 saturated heterocycles. The normalized spacial score (nSPS) is 9.87. The van der Waals surface area contributed by atoms with Crippen molar-refractivity contribution in [2.45, 2.75) is 6.54 Å². The molecule has 0 spiro atoms. The lowest BCUT2D eigenvalue weighted by Crippen LogP contribution is -2.00. The first kappa shape index (κ1) is 9.41. The van der Waals surface area contributed by atoms with Crippen LogP contribution in [0.25, 0.3) is 11.3 Å². The van der Waals surface area contributed by atoms with E-state index in [1.165, 1.54) is 12.1 Å². The molecule has 1 aromatic carbocycles. The van der Waals surface area contributed by atoms with Gasteiger partial charge in [0.2, 0.25) is 0 Å². The van der Waals surface area contributed by atoms with Gasteiger partial charge in [-0.15, -0.1) is 11.5 Å². The van der Waals surface area contributed by atoms with Crippen molar-refractivity contribution in [2.75, 3.05) is 0 Å². The Hall–Kier alpha value is -2.15. The number of terminal acetylenes is 1. The minimum absolute atomic E-state index is 0.291. The van der Waals surface area contributed by atoms with E-state index < -0.39 is 0 Å². The predicted molar refractivity (Wildman–Crippen MR) is 54.2 cm³/mol. The lowest BCUT2D eigenvalue weighted by Gasteiger charge is -2.02. The topological polar surface area (TPSA) is 30.7 Å². The van der Waals surface area contributed by atoms with Crippen molar-refractivity contribution < 1.29 is 4.39 Å². The second-order valence-corrected chi connectivity index (χ2v) is 2.99. The third-order valence-electron chi connectivity index (χ3n) is 1.98. The van der Waals surface area contributed by atoms with Crippen LogP contribution in [-0.2, 0) is 6.54 Å². The van der Waals surface area contributed by atoms with Crippen LogP contribution in [0.5, 0.6) is 0 Å². The zero-order valence-corrected chi connectivity index (χ0v) is 7.89. The third-order valence-corrected chi connectivity index (χ3v) is 1.98. The van der Waals surface area contributed by atoms with Crippen LogP contribution < -0.4 is 0 Å². The first-order valence-corrected chi connectivity index (χ1v) is 4.39. The van der Waals surface area contributed by atoms with Crippen LogP contribution in [0.2, 0.25) is 0 Å². The highest BCUT2D eigenvalue weighted by atomic mass is 19.1. The fourth-order valence-electron chi connectivity index (χ4n) is 1.33. The van der Waals surface area contributed by atoms with Gasteiger partial charge in [-0.3, -0.25) is 0 Å². The predicted octanol–water partition coefficient (Wildman–Crippen LogP) is 1.72. The van der Waals surface area contributed by atoms with E-state index in [2.05, 4.69) is 16.2 Å². The minimum Gasteiger partial charge on any atom is -0.233 e. The average Bonchev–Trinajstić information content (AvgIpc) is 2.66. The molecule has 0 aliphatic rings. The van der Waals surface area contributed by atoms with E-state index in [1.54, 1.807) is 23.0 Å². The van der Waals surface area contributed by atoms with Crippen LogP contribution in [0.15, 0.2) is 30.5 Å². The van der Waals surface area contributed by atoms with E-state index in [9.17, 15) is 4.39 Å². The lowest BCUT2D eigenvalue weighted by molar-refractivity contribution is 0.627. The van der Waals surface area contributed by atoms with Crippen molar-refractivity contribution >= 4 is 0 Å². The number of nitrogens with zero attached hydrogens (tertiary/aromatic N) is 3. The molecule has 74 valence electrons. The van der Waals surface area contributed by atoms with Crippen molar-refractivity contribution in [3.05, 3.63) is 36.3 Å². The summed E-state index contributed by atoms with van der Waals surface area (Å²) in [6.07, 6.45) is 6.75. The summed E-state index contributed by atoms with van der Waals surface area (Å²) < 4.78 is 14.5. The first-order chi connectivity index (χ1) is 7.31. The van der Waals surface area contributed by atoms with Crippen LogP contribution in [0, 0.1) is 18.2 Å². The second kappa shape index (κ2) is 3.93. The summed E-state index contributed by atoms with van der Waals surface area (Å²) in [7, 11) is 0. The van der Waals surface area contributed by atoms with E-state index in [1.807, 2.05) is 0 Å². The van der Waals surface area contributed by atoms with Gasteiger partial charge in [0.1, 0.15) is 12.4 Å². The van der Waals surface area contributed by atoms with E-state index in [0.717, 1.165) is 5.56 Å². The van der Waals surface area contributed by atoms with Gasteiger partial charge in [0.05, 0.1) is 11.9 Å². The molecule has 0 aliphatic heterocycles. The van der Waals surface area contributed by atoms with Crippen LogP contribution in [0.3, 0.4) is 0 Å². The molecule has 1 heterocycles. The molecule has 0 unspecified atom stereocenters. The van der Waals surface area contributed by atoms with E-state index >= 15 is 0 Å².